The first-order chi connectivity index (χ1) is 26.8. The van der Waals surface area contributed by atoms with E-state index < -0.39 is 16.2 Å². The zero-order valence-corrected chi connectivity index (χ0v) is 38.2. The summed E-state index contributed by atoms with van der Waals surface area (Å²) < 4.78 is 22.1. The Morgan fingerprint density at radius 3 is 1.37 bits per heavy atom. The fraction of sp³-hybridized carbons (Fsp3) is 0.423. The van der Waals surface area contributed by atoms with E-state index in [2.05, 4.69) is 198 Å². The Labute approximate surface area is 345 Å². The van der Waals surface area contributed by atoms with Gasteiger partial charge in [-0.15, -0.1) is 0 Å². The molecule has 6 aromatic rings. The van der Waals surface area contributed by atoms with Crippen LogP contribution < -0.4 is 15.1 Å². The van der Waals surface area contributed by atoms with Crippen molar-refractivity contribution in [1.82, 2.24) is 0 Å². The van der Waals surface area contributed by atoms with Gasteiger partial charge in [-0.1, -0.05) is 193 Å². The summed E-state index contributed by atoms with van der Waals surface area (Å²) >= 11 is 0. The molecule has 0 aliphatic heterocycles. The second kappa shape index (κ2) is 15.9. The van der Waals surface area contributed by atoms with Crippen LogP contribution in [0.4, 0.5) is 0 Å². The van der Waals surface area contributed by atoms with E-state index in [1.807, 2.05) is 0 Å². The molecule has 1 heterocycles. The SMILES string of the molecule is CC(C)(C)c1cc(C(C)(C)C)c2op(OC3CCCC3C(c3ccccc3)P(c3ccccc3)c3ccccc3)oc3c(C(C)(C)C)cc(C(C)(C)C)cc3c2c1. The molecule has 1 fully saturated rings. The molecule has 0 amide bonds. The van der Waals surface area contributed by atoms with Gasteiger partial charge in [-0.25, -0.2) is 0 Å². The Bertz CT molecular complexity index is 2220. The van der Waals surface area contributed by atoms with Gasteiger partial charge >= 0.3 is 8.24 Å². The molecule has 3 unspecified atom stereocenters. The van der Waals surface area contributed by atoms with E-state index in [1.54, 1.807) is 0 Å². The predicted molar refractivity (Wildman–Crippen MR) is 247 cm³/mol. The second-order valence-corrected chi connectivity index (χ2v) is 23.7. The summed E-state index contributed by atoms with van der Waals surface area (Å²) in [7, 11) is -2.59. The van der Waals surface area contributed by atoms with Crippen LogP contribution in [-0.4, -0.2) is 6.10 Å². The van der Waals surface area contributed by atoms with Crippen LogP contribution in [-0.2, 0) is 21.7 Å². The van der Waals surface area contributed by atoms with Crippen molar-refractivity contribution >= 4 is 48.7 Å². The molecule has 0 radical (unpaired) electrons. The molecule has 3 nitrogen and oxygen atoms in total. The number of fused-ring (bicyclic) bond motifs is 3. The molecule has 57 heavy (non-hydrogen) atoms. The maximum absolute atomic E-state index is 7.44. The van der Waals surface area contributed by atoms with Gasteiger partial charge in [0.25, 0.3) is 0 Å². The van der Waals surface area contributed by atoms with Crippen molar-refractivity contribution in [3.8, 4) is 0 Å². The lowest BCUT2D eigenvalue weighted by Gasteiger charge is -2.36. The summed E-state index contributed by atoms with van der Waals surface area (Å²) in [5.41, 5.74) is 7.92. The molecule has 5 aromatic carbocycles. The Morgan fingerprint density at radius 2 is 0.965 bits per heavy atom. The Morgan fingerprint density at radius 1 is 0.544 bits per heavy atom. The molecule has 1 aromatic heterocycles. The normalized spacial score (nSPS) is 17.4. The highest BCUT2D eigenvalue weighted by Crippen LogP contribution is 2.58. The lowest BCUT2D eigenvalue weighted by molar-refractivity contribution is 0.203. The molecule has 1 saturated carbocycles. The Hall–Kier alpha value is -3.61. The minimum Gasteiger partial charge on any atom is -0.399 e. The van der Waals surface area contributed by atoms with Gasteiger partial charge in [0.1, 0.15) is 11.2 Å². The van der Waals surface area contributed by atoms with Crippen molar-refractivity contribution in [1.29, 1.82) is 0 Å². The van der Waals surface area contributed by atoms with Crippen LogP contribution in [0.1, 0.15) is 136 Å². The van der Waals surface area contributed by atoms with Crippen molar-refractivity contribution in [3.63, 3.8) is 0 Å². The van der Waals surface area contributed by atoms with E-state index in [0.717, 1.165) is 41.2 Å². The monoisotopic (exact) mass is 798 g/mol. The Balaban J connectivity index is 1.49. The topological polar surface area (TPSA) is 35.5 Å². The predicted octanol–water partition coefficient (Wildman–Crippen LogP) is 15.0. The number of hydrogen-bond donors (Lipinski definition) is 0. The molecule has 1 aliphatic rings. The molecule has 0 saturated heterocycles. The molecule has 0 bridgehead atoms. The number of hydrogen-bond acceptors (Lipinski definition) is 3. The van der Waals surface area contributed by atoms with Crippen LogP contribution in [0.5, 0.6) is 0 Å². The van der Waals surface area contributed by atoms with Gasteiger partial charge in [0.05, 0.1) is 6.10 Å². The van der Waals surface area contributed by atoms with E-state index in [-0.39, 0.29) is 39.3 Å². The fourth-order valence-electron chi connectivity index (χ4n) is 8.49. The molecule has 7 rings (SSSR count). The van der Waals surface area contributed by atoms with E-state index in [9.17, 15) is 0 Å². The molecule has 0 spiro atoms. The molecule has 1 aliphatic carbocycles. The van der Waals surface area contributed by atoms with E-state index in [1.165, 1.54) is 38.4 Å². The van der Waals surface area contributed by atoms with E-state index in [0.29, 0.717) is 0 Å². The van der Waals surface area contributed by atoms with Crippen molar-refractivity contribution in [3.05, 3.63) is 143 Å². The number of benzene rings is 5. The van der Waals surface area contributed by atoms with Gasteiger partial charge in [0, 0.05) is 27.6 Å². The quantitative estimate of drug-likeness (QED) is 0.151. The summed E-state index contributed by atoms with van der Waals surface area (Å²) in [4.78, 5) is 0. The molecular formula is C52H64O3P2. The average Bonchev–Trinajstić information content (AvgIpc) is 3.53. The van der Waals surface area contributed by atoms with Gasteiger partial charge in [0.15, 0.2) is 0 Å². The lowest BCUT2D eigenvalue weighted by atomic mass is 9.77. The Kier molecular flexibility index (Phi) is 11.6. The summed E-state index contributed by atoms with van der Waals surface area (Å²) in [6.45, 7) is 27.6. The first-order valence-electron chi connectivity index (χ1n) is 21.0. The summed E-state index contributed by atoms with van der Waals surface area (Å²) in [5, 5.41) is 4.99. The third kappa shape index (κ3) is 8.88. The molecule has 300 valence electrons. The van der Waals surface area contributed by atoms with E-state index in [4.69, 9.17) is 12.9 Å². The summed E-state index contributed by atoms with van der Waals surface area (Å²) in [6.07, 6.45) is 3.12. The highest BCUT2D eigenvalue weighted by atomic mass is 31.1. The maximum atomic E-state index is 7.44. The van der Waals surface area contributed by atoms with Gasteiger partial charge in [0.2, 0.25) is 0 Å². The molecule has 5 heteroatoms. The smallest absolute Gasteiger partial charge is 0.387 e. The minimum atomic E-state index is -1.83. The lowest BCUT2D eigenvalue weighted by Crippen LogP contribution is -2.29. The fourth-order valence-corrected chi connectivity index (χ4v) is 12.9. The highest BCUT2D eigenvalue weighted by molar-refractivity contribution is 7.73. The highest BCUT2D eigenvalue weighted by Gasteiger charge is 2.42. The van der Waals surface area contributed by atoms with Crippen LogP contribution >= 0.6 is 16.2 Å². The molecular weight excluding hydrogens is 735 g/mol. The zero-order chi connectivity index (χ0) is 40.9. The van der Waals surface area contributed by atoms with Crippen molar-refractivity contribution in [2.45, 2.75) is 136 Å². The average molecular weight is 799 g/mol. The summed E-state index contributed by atoms with van der Waals surface area (Å²) in [5.74, 6) is 0.270. The van der Waals surface area contributed by atoms with Crippen molar-refractivity contribution in [2.24, 2.45) is 5.92 Å². The van der Waals surface area contributed by atoms with Crippen molar-refractivity contribution in [2.75, 3.05) is 0 Å². The van der Waals surface area contributed by atoms with Crippen molar-refractivity contribution < 1.29 is 12.9 Å². The second-order valence-electron chi connectivity index (χ2n) is 20.3. The third-order valence-corrected chi connectivity index (χ3v) is 15.8. The van der Waals surface area contributed by atoms with Gasteiger partial charge in [-0.2, -0.15) is 0 Å². The zero-order valence-electron chi connectivity index (χ0n) is 36.4. The first kappa shape index (κ1) is 41.5. The van der Waals surface area contributed by atoms with E-state index >= 15 is 0 Å². The third-order valence-electron chi connectivity index (χ3n) is 11.8. The largest absolute Gasteiger partial charge is 0.399 e. The molecule has 3 atom stereocenters. The van der Waals surface area contributed by atoms with Crippen LogP contribution in [0.3, 0.4) is 0 Å². The van der Waals surface area contributed by atoms with Crippen LogP contribution in [0.2, 0.25) is 0 Å². The molecule has 0 N–H and O–H groups in total. The number of rotatable bonds is 7. The van der Waals surface area contributed by atoms with Crippen LogP contribution in [0.25, 0.3) is 21.9 Å². The first-order valence-corrected chi connectivity index (χ1v) is 23.5. The summed E-state index contributed by atoms with van der Waals surface area (Å²) in [6, 6.07) is 43.1. The standard InChI is InChI=1S/C52H64O3P2/c1-49(2,3)36-31-41-42-32-37(50(4,5)6)34-44(52(10,11)12)47(42)55-57(54-46(41)43(33-36)51(7,8)9)53-45-30-22-29-40(45)48(35-23-16-13-17-24-35)56(38-25-18-14-19-26-38)39-27-20-15-21-28-39/h13-21,23-28,31-34,40,45,48H,22,29-30H2,1-12H3. The van der Waals surface area contributed by atoms with Crippen LogP contribution in [0.15, 0.2) is 124 Å². The maximum Gasteiger partial charge on any atom is 0.387 e. The van der Waals surface area contributed by atoms with Crippen LogP contribution in [0, 0.1) is 5.92 Å². The van der Waals surface area contributed by atoms with Gasteiger partial charge in [-0.05, 0) is 87.8 Å². The van der Waals surface area contributed by atoms with Gasteiger partial charge < -0.3 is 8.39 Å². The minimum absolute atomic E-state index is 0.0392. The van der Waals surface area contributed by atoms with Gasteiger partial charge in [-0.3, -0.25) is 4.52 Å².